The van der Waals surface area contributed by atoms with Crippen molar-refractivity contribution >= 4 is 45.0 Å². The number of benzene rings is 2. The summed E-state index contributed by atoms with van der Waals surface area (Å²) in [6.07, 6.45) is 0.531. The van der Waals surface area contributed by atoms with Crippen LogP contribution in [-0.4, -0.2) is 31.6 Å². The van der Waals surface area contributed by atoms with Crippen molar-refractivity contribution in [1.29, 1.82) is 0 Å². The molecule has 1 fully saturated rings. The molecular weight excluding hydrogens is 404 g/mol. The summed E-state index contributed by atoms with van der Waals surface area (Å²) >= 11 is 13.6. The van der Waals surface area contributed by atoms with E-state index in [4.69, 9.17) is 23.2 Å². The van der Waals surface area contributed by atoms with Crippen LogP contribution in [0, 0.1) is 5.82 Å². The van der Waals surface area contributed by atoms with Crippen LogP contribution in [0.4, 0.5) is 4.39 Å². The molecule has 1 heterocycles. The Hall–Kier alpha value is -0.790. The molecule has 0 aromatic heterocycles. The Morgan fingerprint density at radius 2 is 1.88 bits per heavy atom. The van der Waals surface area contributed by atoms with Crippen LogP contribution in [0.2, 0.25) is 10.0 Å². The van der Waals surface area contributed by atoms with Gasteiger partial charge in [0, 0.05) is 34.7 Å². The molecule has 25 heavy (non-hydrogen) atoms. The largest absolute Gasteiger partial charge is 0.244 e. The molecule has 0 saturated carbocycles. The molecule has 0 bridgehead atoms. The second-order valence-corrected chi connectivity index (χ2v) is 9.71. The summed E-state index contributed by atoms with van der Waals surface area (Å²) in [6.45, 7) is 0.651. The lowest BCUT2D eigenvalue weighted by Crippen LogP contribution is -2.33. The molecule has 8 heteroatoms. The number of hydrogen-bond acceptors (Lipinski definition) is 3. The van der Waals surface area contributed by atoms with Gasteiger partial charge in [0.1, 0.15) is 10.7 Å². The molecule has 0 spiro atoms. The van der Waals surface area contributed by atoms with E-state index in [2.05, 4.69) is 0 Å². The molecule has 3 rings (SSSR count). The predicted molar refractivity (Wildman–Crippen MR) is 101 cm³/mol. The van der Waals surface area contributed by atoms with Gasteiger partial charge in [-0.1, -0.05) is 41.4 Å². The highest BCUT2D eigenvalue weighted by molar-refractivity contribution is 7.99. The normalized spacial score (nSPS) is 19.6. The first-order chi connectivity index (χ1) is 11.9. The molecule has 3 nitrogen and oxygen atoms in total. The van der Waals surface area contributed by atoms with Gasteiger partial charge in [-0.15, -0.1) is 0 Å². The second kappa shape index (κ2) is 7.84. The van der Waals surface area contributed by atoms with E-state index in [1.807, 2.05) is 0 Å². The van der Waals surface area contributed by atoms with Crippen LogP contribution in [0.3, 0.4) is 0 Å². The van der Waals surface area contributed by atoms with Gasteiger partial charge in [0.2, 0.25) is 10.0 Å². The fourth-order valence-corrected chi connectivity index (χ4v) is 6.35. The fraction of sp³-hybridized carbons (Fsp3) is 0.294. The first-order valence-corrected chi connectivity index (χ1v) is 11.0. The maximum Gasteiger partial charge on any atom is 0.244 e. The molecule has 0 N–H and O–H groups in total. The Bertz CT molecular complexity index is 877. The smallest absolute Gasteiger partial charge is 0.207 e. The average molecular weight is 420 g/mol. The van der Waals surface area contributed by atoms with Crippen molar-refractivity contribution in [3.05, 3.63) is 63.9 Å². The van der Waals surface area contributed by atoms with Crippen molar-refractivity contribution in [2.75, 3.05) is 18.8 Å². The molecule has 1 aliphatic heterocycles. The summed E-state index contributed by atoms with van der Waals surface area (Å²) in [6, 6.07) is 11.0. The van der Waals surface area contributed by atoms with Crippen molar-refractivity contribution in [3.63, 3.8) is 0 Å². The molecule has 1 aliphatic rings. The standard InChI is InChI=1S/C17H16Cl2FNO2S2/c18-12-5-6-14(19)17(11-12)25(22,23)21-8-7-16(24-10-9-21)13-3-1-2-4-15(13)20/h1-6,11,16H,7-10H2/t16-/m1/s1. The maximum atomic E-state index is 14.0. The first-order valence-electron chi connectivity index (χ1n) is 7.71. The van der Waals surface area contributed by atoms with E-state index >= 15 is 0 Å². The Morgan fingerprint density at radius 1 is 1.12 bits per heavy atom. The summed E-state index contributed by atoms with van der Waals surface area (Å²) in [4.78, 5) is 0.0102. The number of nitrogens with zero attached hydrogens (tertiary/aromatic N) is 1. The van der Waals surface area contributed by atoms with Gasteiger partial charge in [-0.25, -0.2) is 12.8 Å². The highest BCUT2D eigenvalue weighted by Crippen LogP contribution is 2.37. The van der Waals surface area contributed by atoms with E-state index in [-0.39, 0.29) is 21.0 Å². The van der Waals surface area contributed by atoms with Crippen LogP contribution >= 0.6 is 35.0 Å². The lowest BCUT2D eigenvalue weighted by atomic mass is 10.1. The summed E-state index contributed by atoms with van der Waals surface area (Å²) < 4.78 is 41.3. The quantitative estimate of drug-likeness (QED) is 0.701. The second-order valence-electron chi connectivity index (χ2n) is 5.65. The molecule has 0 unspecified atom stereocenters. The number of halogens is 3. The fourth-order valence-electron chi connectivity index (χ4n) is 2.79. The zero-order chi connectivity index (χ0) is 18.0. The number of sulfonamides is 1. The molecule has 0 aliphatic carbocycles. The molecule has 0 radical (unpaired) electrons. The number of rotatable bonds is 3. The third-order valence-electron chi connectivity index (χ3n) is 4.06. The van der Waals surface area contributed by atoms with Gasteiger partial charge in [0.05, 0.1) is 5.02 Å². The zero-order valence-electron chi connectivity index (χ0n) is 13.2. The van der Waals surface area contributed by atoms with Gasteiger partial charge in [0.25, 0.3) is 0 Å². The van der Waals surface area contributed by atoms with Gasteiger partial charge in [-0.05, 0) is 30.7 Å². The Morgan fingerprint density at radius 3 is 2.64 bits per heavy atom. The molecular formula is C17H16Cl2FNO2S2. The van der Waals surface area contributed by atoms with Crippen LogP contribution < -0.4 is 0 Å². The van der Waals surface area contributed by atoms with Crippen molar-refractivity contribution < 1.29 is 12.8 Å². The van der Waals surface area contributed by atoms with Crippen LogP contribution in [0.25, 0.3) is 0 Å². The third kappa shape index (κ3) is 4.14. The van der Waals surface area contributed by atoms with E-state index in [1.165, 1.54) is 22.5 Å². The third-order valence-corrected chi connectivity index (χ3v) is 7.99. The molecule has 2 aromatic rings. The van der Waals surface area contributed by atoms with E-state index in [0.717, 1.165) is 0 Å². The topological polar surface area (TPSA) is 37.4 Å². The molecule has 134 valence electrons. The van der Waals surface area contributed by atoms with E-state index in [9.17, 15) is 12.8 Å². The summed E-state index contributed by atoms with van der Waals surface area (Å²) in [5.74, 6) is 0.324. The zero-order valence-corrected chi connectivity index (χ0v) is 16.3. The van der Waals surface area contributed by atoms with Crippen LogP contribution in [0.5, 0.6) is 0 Å². The minimum atomic E-state index is -3.74. The Balaban J connectivity index is 1.83. The highest BCUT2D eigenvalue weighted by Gasteiger charge is 2.30. The van der Waals surface area contributed by atoms with Crippen LogP contribution in [0.15, 0.2) is 47.4 Å². The summed E-state index contributed by atoms with van der Waals surface area (Å²) in [5, 5.41) is 0.389. The highest BCUT2D eigenvalue weighted by atomic mass is 35.5. The predicted octanol–water partition coefficient (Wildman–Crippen LogP) is 5.00. The van der Waals surface area contributed by atoms with Gasteiger partial charge < -0.3 is 0 Å². The molecule has 1 saturated heterocycles. The van der Waals surface area contributed by atoms with Gasteiger partial charge >= 0.3 is 0 Å². The SMILES string of the molecule is O=S(=O)(c1cc(Cl)ccc1Cl)N1CCS[C@@H](c2ccccc2F)CC1. The lowest BCUT2D eigenvalue weighted by Gasteiger charge is -2.21. The molecule has 0 amide bonds. The van der Waals surface area contributed by atoms with Crippen molar-refractivity contribution in [1.82, 2.24) is 4.31 Å². The Labute approximate surface area is 161 Å². The van der Waals surface area contributed by atoms with Crippen LogP contribution in [0.1, 0.15) is 17.2 Å². The van der Waals surface area contributed by atoms with Crippen molar-refractivity contribution in [2.45, 2.75) is 16.6 Å². The van der Waals surface area contributed by atoms with Crippen molar-refractivity contribution in [3.8, 4) is 0 Å². The Kier molecular flexibility index (Phi) is 5.96. The minimum absolute atomic E-state index is 0.0102. The average Bonchev–Trinajstić information content (AvgIpc) is 2.84. The lowest BCUT2D eigenvalue weighted by molar-refractivity contribution is 0.427. The van der Waals surface area contributed by atoms with E-state index < -0.39 is 10.0 Å². The minimum Gasteiger partial charge on any atom is -0.207 e. The maximum absolute atomic E-state index is 14.0. The molecule has 2 aromatic carbocycles. The first kappa shape index (κ1) is 19.0. The number of thioether (sulfide) groups is 1. The monoisotopic (exact) mass is 419 g/mol. The van der Waals surface area contributed by atoms with Gasteiger partial charge in [0.15, 0.2) is 0 Å². The number of hydrogen-bond donors (Lipinski definition) is 0. The van der Waals surface area contributed by atoms with Crippen molar-refractivity contribution in [2.24, 2.45) is 0 Å². The van der Waals surface area contributed by atoms with Crippen LogP contribution in [-0.2, 0) is 10.0 Å². The van der Waals surface area contributed by atoms with Gasteiger partial charge in [-0.2, -0.15) is 16.1 Å². The van der Waals surface area contributed by atoms with E-state index in [1.54, 1.807) is 36.0 Å². The van der Waals surface area contributed by atoms with E-state index in [0.29, 0.717) is 35.8 Å². The summed E-state index contributed by atoms with van der Waals surface area (Å²) in [5.41, 5.74) is 0.618. The van der Waals surface area contributed by atoms with Gasteiger partial charge in [-0.3, -0.25) is 0 Å². The summed E-state index contributed by atoms with van der Waals surface area (Å²) in [7, 11) is -3.74. The molecule has 1 atom stereocenters.